The molecule has 1 aliphatic heterocycles. The molecule has 43 heavy (non-hydrogen) atoms. The molecule has 0 radical (unpaired) electrons. The zero-order valence-electron chi connectivity index (χ0n) is 24.1. The number of hydrogen-bond acceptors (Lipinski definition) is 4. The van der Waals surface area contributed by atoms with Crippen LogP contribution in [0.5, 0.6) is 0 Å². The van der Waals surface area contributed by atoms with Crippen molar-refractivity contribution in [1.29, 1.82) is 0 Å². The number of rotatable bonds is 9. The number of amides is 2. The minimum Gasteiger partial charge on any atom is -0.463 e. The van der Waals surface area contributed by atoms with Gasteiger partial charge in [-0.2, -0.15) is 0 Å². The maximum absolute atomic E-state index is 13.5. The number of hydrogen-bond donors (Lipinski definition) is 1. The van der Waals surface area contributed by atoms with Crippen LogP contribution in [-0.2, 0) is 20.9 Å². The van der Waals surface area contributed by atoms with Crippen molar-refractivity contribution >= 4 is 29.4 Å². The summed E-state index contributed by atoms with van der Waals surface area (Å²) in [4.78, 5) is 41.8. The Labute approximate surface area is 256 Å². The minimum absolute atomic E-state index is 0.0746. The lowest BCUT2D eigenvalue weighted by atomic mass is 9.83. The van der Waals surface area contributed by atoms with Crippen molar-refractivity contribution in [2.75, 3.05) is 6.61 Å². The minimum atomic E-state index is -0.512. The molecule has 0 aromatic heterocycles. The molecule has 0 bridgehead atoms. The SMILES string of the molecule is CCOC(=O)C1=C(C)N(Cc2cccc(C(=O)NC(c3ccccc3)c3ccccc3)c2)C(=O)CC1c1ccccc1Cl. The van der Waals surface area contributed by atoms with E-state index in [1.165, 1.54) is 0 Å². The van der Waals surface area contributed by atoms with Crippen molar-refractivity contribution < 1.29 is 19.1 Å². The van der Waals surface area contributed by atoms with E-state index in [1.54, 1.807) is 43.0 Å². The fourth-order valence-corrected chi connectivity index (χ4v) is 5.83. The second-order valence-corrected chi connectivity index (χ2v) is 10.8. The Bertz CT molecular complexity index is 1610. The van der Waals surface area contributed by atoms with Gasteiger partial charge in [0, 0.05) is 28.6 Å². The highest BCUT2D eigenvalue weighted by atomic mass is 35.5. The molecule has 1 atom stereocenters. The Morgan fingerprint density at radius 2 is 1.53 bits per heavy atom. The van der Waals surface area contributed by atoms with Gasteiger partial charge in [0.15, 0.2) is 0 Å². The lowest BCUT2D eigenvalue weighted by molar-refractivity contribution is -0.140. The first-order valence-electron chi connectivity index (χ1n) is 14.3. The smallest absolute Gasteiger partial charge is 0.336 e. The number of esters is 1. The lowest BCUT2D eigenvalue weighted by Crippen LogP contribution is -2.38. The number of halogens is 1. The molecule has 1 N–H and O–H groups in total. The number of benzene rings is 4. The highest BCUT2D eigenvalue weighted by Gasteiger charge is 2.37. The van der Waals surface area contributed by atoms with Crippen LogP contribution in [0.3, 0.4) is 0 Å². The third-order valence-corrected chi connectivity index (χ3v) is 8.01. The average Bonchev–Trinajstić information content (AvgIpc) is 3.03. The Hall–Kier alpha value is -4.68. The van der Waals surface area contributed by atoms with Crippen molar-refractivity contribution in [3.63, 3.8) is 0 Å². The normalized spacial score (nSPS) is 15.0. The van der Waals surface area contributed by atoms with Gasteiger partial charge in [0.25, 0.3) is 5.91 Å². The summed E-state index contributed by atoms with van der Waals surface area (Å²) in [6.45, 7) is 3.92. The lowest BCUT2D eigenvalue weighted by Gasteiger charge is -2.35. The van der Waals surface area contributed by atoms with Crippen LogP contribution < -0.4 is 5.32 Å². The third-order valence-electron chi connectivity index (χ3n) is 7.67. The van der Waals surface area contributed by atoms with Gasteiger partial charge in [-0.15, -0.1) is 0 Å². The van der Waals surface area contributed by atoms with Crippen molar-refractivity contribution in [1.82, 2.24) is 10.2 Å². The van der Waals surface area contributed by atoms with Gasteiger partial charge in [0.05, 0.1) is 24.8 Å². The predicted octanol–water partition coefficient (Wildman–Crippen LogP) is 7.21. The zero-order chi connectivity index (χ0) is 30.3. The molecule has 1 aliphatic rings. The van der Waals surface area contributed by atoms with E-state index >= 15 is 0 Å². The number of allylic oxidation sites excluding steroid dienone is 1. The first kappa shape index (κ1) is 29.8. The van der Waals surface area contributed by atoms with E-state index in [2.05, 4.69) is 5.32 Å². The van der Waals surface area contributed by atoms with Crippen molar-refractivity contribution in [2.24, 2.45) is 0 Å². The highest BCUT2D eigenvalue weighted by molar-refractivity contribution is 6.31. The number of nitrogens with zero attached hydrogens (tertiary/aromatic N) is 1. The molecule has 218 valence electrons. The monoisotopic (exact) mass is 592 g/mol. The van der Waals surface area contributed by atoms with Gasteiger partial charge in [0.2, 0.25) is 5.91 Å². The van der Waals surface area contributed by atoms with Crippen molar-refractivity contribution in [3.05, 3.63) is 153 Å². The molecule has 0 aliphatic carbocycles. The number of ether oxygens (including phenoxy) is 1. The summed E-state index contributed by atoms with van der Waals surface area (Å²) >= 11 is 6.49. The van der Waals surface area contributed by atoms with Crippen LogP contribution in [0.25, 0.3) is 0 Å². The standard InChI is InChI=1S/C36H33ClN2O4/c1-3-43-36(42)33-24(2)39(32(40)22-30(33)29-19-10-11-20-31(29)37)23-25-13-12-18-28(21-25)35(41)38-34(26-14-6-4-7-15-26)27-16-8-5-9-17-27/h4-21,30,34H,3,22-23H2,1-2H3,(H,38,41). The third kappa shape index (κ3) is 6.71. The Morgan fingerprint density at radius 3 is 2.16 bits per heavy atom. The quantitative estimate of drug-likeness (QED) is 0.208. The molecule has 7 heteroatoms. The fourth-order valence-electron chi connectivity index (χ4n) is 5.56. The Balaban J connectivity index is 1.42. The average molecular weight is 593 g/mol. The van der Waals surface area contributed by atoms with Crippen molar-refractivity contribution in [2.45, 2.75) is 38.8 Å². The first-order valence-corrected chi connectivity index (χ1v) is 14.7. The number of carbonyl (C=O) groups is 3. The van der Waals surface area contributed by atoms with E-state index in [-0.39, 0.29) is 37.4 Å². The van der Waals surface area contributed by atoms with E-state index in [0.717, 1.165) is 16.7 Å². The zero-order valence-corrected chi connectivity index (χ0v) is 24.9. The predicted molar refractivity (Wildman–Crippen MR) is 167 cm³/mol. The second-order valence-electron chi connectivity index (χ2n) is 10.4. The van der Waals surface area contributed by atoms with Gasteiger partial charge >= 0.3 is 5.97 Å². The molecule has 4 aromatic carbocycles. The molecule has 1 heterocycles. The van der Waals surface area contributed by atoms with Gasteiger partial charge in [0.1, 0.15) is 0 Å². The molecule has 0 spiro atoms. The van der Waals surface area contributed by atoms with E-state index < -0.39 is 11.9 Å². The first-order chi connectivity index (χ1) is 20.9. The molecule has 0 fully saturated rings. The van der Waals surface area contributed by atoms with Crippen LogP contribution in [0, 0.1) is 0 Å². The molecule has 5 rings (SSSR count). The summed E-state index contributed by atoms with van der Waals surface area (Å²) < 4.78 is 5.41. The van der Waals surface area contributed by atoms with E-state index in [4.69, 9.17) is 16.3 Å². The fraction of sp³-hybridized carbons (Fsp3) is 0.194. The van der Waals surface area contributed by atoms with Gasteiger partial charge in [-0.1, -0.05) is 103 Å². The number of carbonyl (C=O) groups excluding carboxylic acids is 3. The van der Waals surface area contributed by atoms with Crippen LogP contribution in [0.2, 0.25) is 5.02 Å². The van der Waals surface area contributed by atoms with Crippen LogP contribution in [0.15, 0.2) is 120 Å². The summed E-state index contributed by atoms with van der Waals surface area (Å²) in [5.41, 5.74) is 4.81. The van der Waals surface area contributed by atoms with Crippen LogP contribution in [-0.4, -0.2) is 29.3 Å². The summed E-state index contributed by atoms with van der Waals surface area (Å²) in [5, 5.41) is 3.67. The topological polar surface area (TPSA) is 75.7 Å². The highest BCUT2D eigenvalue weighted by Crippen LogP contribution is 2.40. The summed E-state index contributed by atoms with van der Waals surface area (Å²) in [5.74, 6) is -1.36. The Morgan fingerprint density at radius 1 is 0.907 bits per heavy atom. The maximum atomic E-state index is 13.5. The molecule has 1 unspecified atom stereocenters. The van der Waals surface area contributed by atoms with Crippen LogP contribution in [0.4, 0.5) is 0 Å². The maximum Gasteiger partial charge on any atom is 0.336 e. The van der Waals surface area contributed by atoms with Crippen LogP contribution >= 0.6 is 11.6 Å². The molecule has 2 amide bonds. The van der Waals surface area contributed by atoms with Crippen molar-refractivity contribution in [3.8, 4) is 0 Å². The number of nitrogens with one attached hydrogen (secondary N) is 1. The van der Waals surface area contributed by atoms with E-state index in [9.17, 15) is 14.4 Å². The second kappa shape index (κ2) is 13.5. The molecular formula is C36H33ClN2O4. The largest absolute Gasteiger partial charge is 0.463 e. The molecule has 4 aromatic rings. The summed E-state index contributed by atoms with van der Waals surface area (Å²) in [6, 6.07) is 33.8. The summed E-state index contributed by atoms with van der Waals surface area (Å²) in [6.07, 6.45) is 0.0746. The van der Waals surface area contributed by atoms with Gasteiger partial charge < -0.3 is 15.0 Å². The van der Waals surface area contributed by atoms with Gasteiger partial charge in [-0.05, 0) is 54.3 Å². The molecular weight excluding hydrogens is 560 g/mol. The van der Waals surface area contributed by atoms with Crippen LogP contribution in [0.1, 0.15) is 64.8 Å². The van der Waals surface area contributed by atoms with E-state index in [0.29, 0.717) is 27.4 Å². The molecule has 0 saturated carbocycles. The van der Waals surface area contributed by atoms with Gasteiger partial charge in [-0.25, -0.2) is 4.79 Å². The summed E-state index contributed by atoms with van der Waals surface area (Å²) in [7, 11) is 0. The Kier molecular flexibility index (Phi) is 9.38. The van der Waals surface area contributed by atoms with E-state index in [1.807, 2.05) is 84.9 Å². The molecule has 0 saturated heterocycles. The van der Waals surface area contributed by atoms with Gasteiger partial charge in [-0.3, -0.25) is 9.59 Å². The molecule has 6 nitrogen and oxygen atoms in total.